The molecule has 0 bridgehead atoms. The largest absolute Gasteiger partial charge is 0.395 e. The Hall–Kier alpha value is -1.56. The van der Waals surface area contributed by atoms with Crippen molar-refractivity contribution in [3.8, 4) is 0 Å². The van der Waals surface area contributed by atoms with Crippen LogP contribution in [0.1, 0.15) is 37.0 Å². The van der Waals surface area contributed by atoms with E-state index in [-0.39, 0.29) is 12.0 Å². The van der Waals surface area contributed by atoms with Crippen LogP contribution >= 0.6 is 0 Å². The van der Waals surface area contributed by atoms with Crippen LogP contribution in [0.15, 0.2) is 0 Å². The molecular formula is C12H22N4O2. The van der Waals surface area contributed by atoms with E-state index in [0.29, 0.717) is 36.8 Å². The predicted octanol–water partition coefficient (Wildman–Crippen LogP) is 0.948. The van der Waals surface area contributed by atoms with Gasteiger partial charge in [-0.2, -0.15) is 5.10 Å². The molecule has 1 amide bonds. The molecule has 0 aliphatic carbocycles. The van der Waals surface area contributed by atoms with Crippen molar-refractivity contribution in [3.05, 3.63) is 11.4 Å². The second kappa shape index (κ2) is 6.39. The first-order chi connectivity index (χ1) is 8.47. The molecule has 0 unspecified atom stereocenters. The number of nitrogens with zero attached hydrogens (tertiary/aromatic N) is 2. The number of ether oxygens (including phenoxy) is 1. The number of aromatic nitrogens is 2. The Labute approximate surface area is 107 Å². The molecule has 1 aromatic rings. The smallest absolute Gasteiger partial charge is 0.271 e. The third-order valence-corrected chi connectivity index (χ3v) is 2.53. The lowest BCUT2D eigenvalue weighted by molar-refractivity contribution is 0.0743. The summed E-state index contributed by atoms with van der Waals surface area (Å²) in [6, 6.07) is 0. The molecular weight excluding hydrogens is 232 g/mol. The highest BCUT2D eigenvalue weighted by molar-refractivity contribution is 5.97. The molecule has 0 saturated heterocycles. The fourth-order valence-corrected chi connectivity index (χ4v) is 1.61. The van der Waals surface area contributed by atoms with Gasteiger partial charge in [0.2, 0.25) is 0 Å². The summed E-state index contributed by atoms with van der Waals surface area (Å²) in [5.74, 6) is -0.206. The quantitative estimate of drug-likeness (QED) is 0.740. The number of carbonyl (C=O) groups is 1. The van der Waals surface area contributed by atoms with Gasteiger partial charge in [-0.3, -0.25) is 9.48 Å². The van der Waals surface area contributed by atoms with E-state index in [1.807, 2.05) is 20.8 Å². The monoisotopic (exact) mass is 254 g/mol. The summed E-state index contributed by atoms with van der Waals surface area (Å²) < 4.78 is 6.97. The second-order valence-corrected chi connectivity index (χ2v) is 4.34. The van der Waals surface area contributed by atoms with Crippen LogP contribution in [0, 0.1) is 6.92 Å². The third kappa shape index (κ3) is 3.46. The summed E-state index contributed by atoms with van der Waals surface area (Å²) in [6.07, 6.45) is 0.162. The number of carbonyl (C=O) groups excluding carboxylic acids is 1. The molecule has 1 aromatic heterocycles. The van der Waals surface area contributed by atoms with E-state index < -0.39 is 0 Å². The van der Waals surface area contributed by atoms with Gasteiger partial charge < -0.3 is 15.8 Å². The minimum absolute atomic E-state index is 0.162. The normalized spacial score (nSPS) is 10.9. The average Bonchev–Trinajstić information content (AvgIpc) is 2.60. The lowest BCUT2D eigenvalue weighted by atomic mass is 10.3. The Morgan fingerprint density at radius 2 is 2.22 bits per heavy atom. The zero-order valence-corrected chi connectivity index (χ0v) is 11.5. The van der Waals surface area contributed by atoms with E-state index in [0.717, 1.165) is 0 Å². The van der Waals surface area contributed by atoms with Crippen molar-refractivity contribution < 1.29 is 9.53 Å². The van der Waals surface area contributed by atoms with Gasteiger partial charge in [-0.1, -0.05) is 0 Å². The Balaban J connectivity index is 2.61. The molecule has 0 saturated carbocycles. The highest BCUT2D eigenvalue weighted by atomic mass is 16.5. The molecule has 3 N–H and O–H groups in total. The summed E-state index contributed by atoms with van der Waals surface area (Å²) in [5, 5.41) is 6.98. The number of hydrogen-bond acceptors (Lipinski definition) is 4. The van der Waals surface area contributed by atoms with Gasteiger partial charge in [-0.05, 0) is 27.7 Å². The van der Waals surface area contributed by atoms with E-state index >= 15 is 0 Å². The van der Waals surface area contributed by atoms with Crippen molar-refractivity contribution in [3.63, 3.8) is 0 Å². The van der Waals surface area contributed by atoms with Crippen molar-refractivity contribution in [1.82, 2.24) is 15.1 Å². The lowest BCUT2D eigenvalue weighted by Gasteiger charge is -2.09. The lowest BCUT2D eigenvalue weighted by Crippen LogP contribution is -2.30. The van der Waals surface area contributed by atoms with Crippen LogP contribution in [0.25, 0.3) is 0 Å². The zero-order valence-electron chi connectivity index (χ0n) is 11.5. The molecule has 0 fully saturated rings. The van der Waals surface area contributed by atoms with Crippen molar-refractivity contribution in [2.45, 2.75) is 40.3 Å². The number of rotatable bonds is 6. The first-order valence-electron chi connectivity index (χ1n) is 6.20. The maximum absolute atomic E-state index is 12.0. The Morgan fingerprint density at radius 1 is 1.56 bits per heavy atom. The van der Waals surface area contributed by atoms with Gasteiger partial charge in [0.1, 0.15) is 5.69 Å². The van der Waals surface area contributed by atoms with Crippen LogP contribution in [0.3, 0.4) is 0 Å². The summed E-state index contributed by atoms with van der Waals surface area (Å²) in [5.41, 5.74) is 7.41. The van der Waals surface area contributed by atoms with Crippen molar-refractivity contribution in [1.29, 1.82) is 0 Å². The number of aryl methyl sites for hydroxylation is 2. The van der Waals surface area contributed by atoms with E-state index in [1.54, 1.807) is 11.6 Å². The summed E-state index contributed by atoms with van der Waals surface area (Å²) in [6.45, 7) is 9.19. The van der Waals surface area contributed by atoms with Gasteiger partial charge in [-0.15, -0.1) is 0 Å². The molecule has 1 rings (SSSR count). The molecule has 0 aromatic carbocycles. The maximum atomic E-state index is 12.0. The average molecular weight is 254 g/mol. The highest BCUT2D eigenvalue weighted by Gasteiger charge is 2.18. The zero-order chi connectivity index (χ0) is 13.7. The fourth-order valence-electron chi connectivity index (χ4n) is 1.61. The first-order valence-corrected chi connectivity index (χ1v) is 6.20. The van der Waals surface area contributed by atoms with Gasteiger partial charge in [0.25, 0.3) is 5.91 Å². The Bertz CT molecular complexity index is 412. The molecule has 0 atom stereocenters. The van der Waals surface area contributed by atoms with E-state index in [9.17, 15) is 4.79 Å². The molecule has 6 heteroatoms. The number of amides is 1. The number of hydrogen-bond donors (Lipinski definition) is 2. The molecule has 102 valence electrons. The Kier molecular flexibility index (Phi) is 5.15. The van der Waals surface area contributed by atoms with Gasteiger partial charge in [-0.25, -0.2) is 0 Å². The summed E-state index contributed by atoms with van der Waals surface area (Å²) in [4.78, 5) is 12.0. The summed E-state index contributed by atoms with van der Waals surface area (Å²) >= 11 is 0. The van der Waals surface area contributed by atoms with Crippen LogP contribution in [-0.4, -0.2) is 34.9 Å². The topological polar surface area (TPSA) is 82.2 Å². The maximum Gasteiger partial charge on any atom is 0.271 e. The van der Waals surface area contributed by atoms with Gasteiger partial charge >= 0.3 is 0 Å². The molecule has 1 heterocycles. The molecule has 18 heavy (non-hydrogen) atoms. The van der Waals surface area contributed by atoms with Gasteiger partial charge in [0.05, 0.1) is 24.1 Å². The minimum atomic E-state index is -0.206. The van der Waals surface area contributed by atoms with Crippen molar-refractivity contribution >= 4 is 11.6 Å². The van der Waals surface area contributed by atoms with E-state index in [2.05, 4.69) is 10.4 Å². The standard InChI is InChI=1S/C12H22N4O2/c1-5-16-11(10(13)9(4)15-16)12(17)14-6-7-18-8(2)3/h8H,5-7,13H2,1-4H3,(H,14,17). The SMILES string of the molecule is CCn1nc(C)c(N)c1C(=O)NCCOC(C)C. The summed E-state index contributed by atoms with van der Waals surface area (Å²) in [7, 11) is 0. The third-order valence-electron chi connectivity index (χ3n) is 2.53. The predicted molar refractivity (Wildman–Crippen MR) is 70.5 cm³/mol. The second-order valence-electron chi connectivity index (χ2n) is 4.34. The molecule has 0 spiro atoms. The van der Waals surface area contributed by atoms with Crippen LogP contribution in [0.5, 0.6) is 0 Å². The fraction of sp³-hybridized carbons (Fsp3) is 0.667. The highest BCUT2D eigenvalue weighted by Crippen LogP contribution is 2.15. The van der Waals surface area contributed by atoms with E-state index in [1.165, 1.54) is 0 Å². The number of nitrogen functional groups attached to an aromatic ring is 1. The number of nitrogens with one attached hydrogen (secondary N) is 1. The van der Waals surface area contributed by atoms with Crippen LogP contribution in [0.2, 0.25) is 0 Å². The van der Waals surface area contributed by atoms with Crippen molar-refractivity contribution in [2.24, 2.45) is 0 Å². The van der Waals surface area contributed by atoms with Crippen LogP contribution in [-0.2, 0) is 11.3 Å². The number of anilines is 1. The van der Waals surface area contributed by atoms with Gasteiger partial charge in [0.15, 0.2) is 0 Å². The number of nitrogens with two attached hydrogens (primary N) is 1. The van der Waals surface area contributed by atoms with Crippen molar-refractivity contribution in [2.75, 3.05) is 18.9 Å². The molecule has 0 radical (unpaired) electrons. The van der Waals surface area contributed by atoms with E-state index in [4.69, 9.17) is 10.5 Å². The minimum Gasteiger partial charge on any atom is -0.395 e. The molecule has 6 nitrogen and oxygen atoms in total. The van der Waals surface area contributed by atoms with Crippen LogP contribution in [0.4, 0.5) is 5.69 Å². The first kappa shape index (κ1) is 14.5. The van der Waals surface area contributed by atoms with Gasteiger partial charge in [0, 0.05) is 13.1 Å². The van der Waals surface area contributed by atoms with Crippen LogP contribution < -0.4 is 11.1 Å². The molecule has 0 aliphatic rings. The molecule has 0 aliphatic heterocycles. The Morgan fingerprint density at radius 3 is 2.78 bits per heavy atom.